The third-order valence-corrected chi connectivity index (χ3v) is 18.7. The highest BCUT2D eigenvalue weighted by Crippen LogP contribution is 2.24. The molecule has 1 saturated heterocycles. The van der Waals surface area contributed by atoms with E-state index in [2.05, 4.69) is 43.5 Å². The Morgan fingerprint density at radius 3 is 0.966 bits per heavy atom. The molecule has 1 heterocycles. The minimum absolute atomic E-state index is 0.178. The topological polar surface area (TPSA) is 149 Å². The molecule has 1 rings (SSSR count). The van der Waals surface area contributed by atoms with Crippen LogP contribution in [0.15, 0.2) is 36.5 Å². The molecule has 0 saturated carbocycles. The molecule has 7 unspecified atom stereocenters. The van der Waals surface area contributed by atoms with Crippen molar-refractivity contribution in [2.75, 3.05) is 13.2 Å². The Morgan fingerprint density at radius 1 is 0.379 bits per heavy atom. The van der Waals surface area contributed by atoms with E-state index >= 15 is 0 Å². The Morgan fingerprint density at radius 2 is 0.655 bits per heavy atom. The van der Waals surface area contributed by atoms with Gasteiger partial charge in [0.1, 0.15) is 24.4 Å². The Bertz CT molecular complexity index is 1470. The van der Waals surface area contributed by atoms with Gasteiger partial charge in [-0.25, -0.2) is 0 Å². The van der Waals surface area contributed by atoms with Gasteiger partial charge in [-0.1, -0.05) is 371 Å². The van der Waals surface area contributed by atoms with Gasteiger partial charge in [0.2, 0.25) is 5.91 Å². The first-order valence-electron chi connectivity index (χ1n) is 38.7. The SMILES string of the molecule is CCCCCCCCCC/C=C\CCCCCCCCCCCCCCCCCCCCCCCCCC(=O)NC(COC1OC(CO)C(O)C(O)C1O)C(O)/C=C/CC/C=C/CCCCCCCCCCCCCCCCCCCCCCCCC. The molecule has 0 aromatic carbocycles. The molecule has 7 atom stereocenters. The summed E-state index contributed by atoms with van der Waals surface area (Å²) in [7, 11) is 0. The van der Waals surface area contributed by atoms with Crippen molar-refractivity contribution in [3.63, 3.8) is 0 Å². The summed E-state index contributed by atoms with van der Waals surface area (Å²) in [5, 5.41) is 54.8. The minimum Gasteiger partial charge on any atom is -0.394 e. The summed E-state index contributed by atoms with van der Waals surface area (Å²) in [6.45, 7) is 3.83. The van der Waals surface area contributed by atoms with E-state index < -0.39 is 49.5 Å². The highest BCUT2D eigenvalue weighted by molar-refractivity contribution is 5.76. The van der Waals surface area contributed by atoms with Gasteiger partial charge in [-0.05, 0) is 57.8 Å². The lowest BCUT2D eigenvalue weighted by Crippen LogP contribution is -2.60. The highest BCUT2D eigenvalue weighted by Gasteiger charge is 2.44. The van der Waals surface area contributed by atoms with Crippen molar-refractivity contribution in [2.45, 2.75) is 442 Å². The van der Waals surface area contributed by atoms with E-state index in [0.29, 0.717) is 6.42 Å². The highest BCUT2D eigenvalue weighted by atomic mass is 16.7. The number of carbonyl (C=O) groups excluding carboxylic acids is 1. The molecule has 0 spiro atoms. The van der Waals surface area contributed by atoms with Crippen molar-refractivity contribution in [1.82, 2.24) is 5.32 Å². The zero-order chi connectivity index (χ0) is 62.8. The van der Waals surface area contributed by atoms with E-state index in [1.54, 1.807) is 6.08 Å². The van der Waals surface area contributed by atoms with Crippen LogP contribution in [0.25, 0.3) is 0 Å². The maximum Gasteiger partial charge on any atom is 0.220 e. The van der Waals surface area contributed by atoms with Crippen LogP contribution in [0.5, 0.6) is 0 Å². The molecule has 9 heteroatoms. The van der Waals surface area contributed by atoms with Crippen LogP contribution in [-0.2, 0) is 14.3 Å². The van der Waals surface area contributed by atoms with Crippen molar-refractivity contribution < 1.29 is 39.8 Å². The third-order valence-electron chi connectivity index (χ3n) is 18.7. The zero-order valence-electron chi connectivity index (χ0n) is 57.8. The molecule has 0 aromatic heterocycles. The number of hydrogen-bond donors (Lipinski definition) is 6. The van der Waals surface area contributed by atoms with Crippen molar-refractivity contribution in [2.24, 2.45) is 0 Å². The maximum atomic E-state index is 13.2. The van der Waals surface area contributed by atoms with Crippen LogP contribution in [0.3, 0.4) is 0 Å². The predicted octanol–water partition coefficient (Wildman–Crippen LogP) is 21.8. The van der Waals surface area contributed by atoms with Crippen LogP contribution >= 0.6 is 0 Å². The van der Waals surface area contributed by atoms with Crippen LogP contribution < -0.4 is 5.32 Å². The third kappa shape index (κ3) is 55.7. The monoisotopic (exact) mass is 1230 g/mol. The van der Waals surface area contributed by atoms with Gasteiger partial charge in [-0.3, -0.25) is 4.79 Å². The van der Waals surface area contributed by atoms with E-state index in [1.807, 2.05) is 6.08 Å². The second-order valence-corrected chi connectivity index (χ2v) is 27.1. The van der Waals surface area contributed by atoms with Crippen LogP contribution in [0, 0.1) is 0 Å². The molecule has 1 aliphatic heterocycles. The molecular formula is C78H149NO8. The van der Waals surface area contributed by atoms with Crippen molar-refractivity contribution in [1.29, 1.82) is 0 Å². The predicted molar refractivity (Wildman–Crippen MR) is 373 cm³/mol. The number of unbranched alkanes of at least 4 members (excludes halogenated alkanes) is 55. The molecule has 87 heavy (non-hydrogen) atoms. The standard InChI is InChI=1S/C78H149NO8/c1-3-5-7-9-11-13-15-17-19-21-23-25-27-29-31-33-34-35-36-37-38-40-42-44-46-48-50-52-54-56-58-60-62-64-66-68-74(82)79-71(70-86-78-77(85)76(84)75(83)73(69-80)87-78)72(81)67-65-63-61-59-57-55-53-51-49-47-45-43-41-39-32-30-28-26-24-22-20-18-16-14-12-10-8-6-4-2/h21,23,57,59,65,67,71-73,75-78,80-81,83-85H,3-20,22,24-56,58,60-64,66,68-70H2,1-2H3,(H,79,82)/b23-21-,59-57+,67-65+. The molecule has 1 aliphatic rings. The van der Waals surface area contributed by atoms with E-state index in [-0.39, 0.29) is 12.5 Å². The lowest BCUT2D eigenvalue weighted by molar-refractivity contribution is -0.302. The van der Waals surface area contributed by atoms with Gasteiger partial charge < -0.3 is 40.3 Å². The molecule has 1 fully saturated rings. The average Bonchev–Trinajstić information content (AvgIpc) is 3.47. The Kier molecular flexibility index (Phi) is 64.5. The molecule has 6 N–H and O–H groups in total. The summed E-state index contributed by atoms with van der Waals surface area (Å²) in [5.74, 6) is -0.178. The van der Waals surface area contributed by atoms with Gasteiger partial charge in [0.25, 0.3) is 0 Å². The first kappa shape index (κ1) is 83.4. The number of rotatable bonds is 69. The van der Waals surface area contributed by atoms with Gasteiger partial charge in [-0.15, -0.1) is 0 Å². The summed E-state index contributed by atoms with van der Waals surface area (Å²) in [5.41, 5.74) is 0. The summed E-state index contributed by atoms with van der Waals surface area (Å²) in [6.07, 6.45) is 84.4. The van der Waals surface area contributed by atoms with Gasteiger partial charge in [0.15, 0.2) is 6.29 Å². The lowest BCUT2D eigenvalue weighted by Gasteiger charge is -2.40. The molecule has 0 radical (unpaired) electrons. The number of carbonyl (C=O) groups is 1. The maximum absolute atomic E-state index is 13.2. The number of allylic oxidation sites excluding steroid dienone is 5. The normalized spacial score (nSPS) is 18.1. The fourth-order valence-electron chi connectivity index (χ4n) is 12.6. The zero-order valence-corrected chi connectivity index (χ0v) is 57.8. The number of aliphatic hydroxyl groups excluding tert-OH is 5. The van der Waals surface area contributed by atoms with E-state index in [1.165, 1.54) is 340 Å². The second-order valence-electron chi connectivity index (χ2n) is 27.1. The van der Waals surface area contributed by atoms with E-state index in [4.69, 9.17) is 9.47 Å². The summed E-state index contributed by atoms with van der Waals surface area (Å²) in [6, 6.07) is -0.822. The fraction of sp³-hybridized carbons (Fsp3) is 0.910. The Hall–Kier alpha value is -1.59. The second kappa shape index (κ2) is 67.3. The molecule has 1 amide bonds. The Balaban J connectivity index is 2.09. The fourth-order valence-corrected chi connectivity index (χ4v) is 12.6. The van der Waals surface area contributed by atoms with Crippen LogP contribution in [0.4, 0.5) is 0 Å². The summed E-state index contributed by atoms with van der Waals surface area (Å²) in [4.78, 5) is 13.2. The quantitative estimate of drug-likeness (QED) is 0.0261. The van der Waals surface area contributed by atoms with Crippen molar-refractivity contribution >= 4 is 5.91 Å². The number of amides is 1. The van der Waals surface area contributed by atoms with Crippen LogP contribution in [-0.4, -0.2) is 87.5 Å². The largest absolute Gasteiger partial charge is 0.394 e. The number of hydrogen-bond acceptors (Lipinski definition) is 8. The molecule has 0 bridgehead atoms. The van der Waals surface area contributed by atoms with Crippen LogP contribution in [0.1, 0.15) is 399 Å². The van der Waals surface area contributed by atoms with Gasteiger partial charge in [0.05, 0.1) is 25.4 Å². The Labute approximate surface area is 540 Å². The van der Waals surface area contributed by atoms with Crippen LogP contribution in [0.2, 0.25) is 0 Å². The molecule has 0 aromatic rings. The smallest absolute Gasteiger partial charge is 0.220 e. The molecule has 0 aliphatic carbocycles. The first-order valence-corrected chi connectivity index (χ1v) is 38.7. The van der Waals surface area contributed by atoms with Gasteiger partial charge >= 0.3 is 0 Å². The number of nitrogens with one attached hydrogen (secondary N) is 1. The summed E-state index contributed by atoms with van der Waals surface area (Å²) >= 11 is 0. The van der Waals surface area contributed by atoms with Gasteiger partial charge in [-0.2, -0.15) is 0 Å². The average molecular weight is 1230 g/mol. The molecule has 514 valence electrons. The van der Waals surface area contributed by atoms with Crippen molar-refractivity contribution in [3.8, 4) is 0 Å². The molecule has 9 nitrogen and oxygen atoms in total. The number of ether oxygens (including phenoxy) is 2. The summed E-state index contributed by atoms with van der Waals surface area (Å²) < 4.78 is 11.3. The minimum atomic E-state index is -1.57. The van der Waals surface area contributed by atoms with E-state index in [0.717, 1.165) is 38.5 Å². The lowest BCUT2D eigenvalue weighted by atomic mass is 9.99. The van der Waals surface area contributed by atoms with Gasteiger partial charge in [0, 0.05) is 6.42 Å². The van der Waals surface area contributed by atoms with E-state index in [9.17, 15) is 30.3 Å². The first-order chi connectivity index (χ1) is 42.8. The molecular weight excluding hydrogens is 1080 g/mol. The number of aliphatic hydroxyl groups is 5. The van der Waals surface area contributed by atoms with Crippen molar-refractivity contribution in [3.05, 3.63) is 36.5 Å².